The third-order valence-electron chi connectivity index (χ3n) is 6.54. The molecule has 0 spiro atoms. The first-order chi connectivity index (χ1) is 16.1. The first kappa shape index (κ1) is 27.3. The second-order valence-electron chi connectivity index (χ2n) is 10.4. The zero-order chi connectivity index (χ0) is 25.0. The Hall–Kier alpha value is -1.26. The molecule has 3 rings (SSSR count). The van der Waals surface area contributed by atoms with Gasteiger partial charge in [-0.15, -0.1) is 0 Å². The highest BCUT2D eigenvalue weighted by molar-refractivity contribution is 7.68. The summed E-state index contributed by atoms with van der Waals surface area (Å²) >= 11 is 0. The predicted molar refractivity (Wildman–Crippen MR) is 162 cm³/mol. The third kappa shape index (κ3) is 5.92. The second-order valence-corrected chi connectivity index (χ2v) is 19.5. The molecule has 0 bridgehead atoms. The summed E-state index contributed by atoms with van der Waals surface area (Å²) in [6.45, 7) is 21.7. The van der Waals surface area contributed by atoms with Gasteiger partial charge >= 0.3 is 0 Å². The van der Waals surface area contributed by atoms with Gasteiger partial charge in [0.25, 0.3) is 0 Å². The summed E-state index contributed by atoms with van der Waals surface area (Å²) in [6.07, 6.45) is 0. The van der Waals surface area contributed by atoms with Gasteiger partial charge in [-0.05, 0) is 55.7 Å². The molecule has 3 heteroatoms. The lowest BCUT2D eigenvalue weighted by atomic mass is 10.2. The molecule has 0 fully saturated rings. The first-order valence-electron chi connectivity index (χ1n) is 12.8. The average molecular weight is 506 g/mol. The summed E-state index contributed by atoms with van der Waals surface area (Å²) in [6, 6.07) is 28.2. The van der Waals surface area contributed by atoms with Crippen LogP contribution in [-0.4, -0.2) is 31.4 Å². The largest absolute Gasteiger partial charge is 0.156 e. The van der Waals surface area contributed by atoms with Gasteiger partial charge in [-0.3, -0.25) is 0 Å². The maximum Gasteiger partial charge on any atom is 0.156 e. The van der Waals surface area contributed by atoms with E-state index in [1.54, 1.807) is 26.2 Å². The maximum atomic E-state index is 2.47. The second kappa shape index (κ2) is 12.1. The topological polar surface area (TPSA) is 0 Å². The summed E-state index contributed by atoms with van der Waals surface area (Å²) in [7, 11) is -1.63. The molecule has 1 radical (unpaired) electrons. The fourth-order valence-corrected chi connectivity index (χ4v) is 15.5. The molecule has 0 aliphatic heterocycles. The van der Waals surface area contributed by atoms with Crippen LogP contribution < -0.4 is 26.2 Å². The number of aryl methyl sites for hydroxylation is 1. The Labute approximate surface area is 213 Å². The van der Waals surface area contributed by atoms with E-state index in [0.29, 0.717) is 22.6 Å². The molecule has 0 saturated heterocycles. The minimum absolute atomic E-state index is 0.236. The molecule has 0 aromatic heterocycles. The normalized spacial score (nSPS) is 12.4. The van der Waals surface area contributed by atoms with Crippen LogP contribution in [0.3, 0.4) is 0 Å². The Morgan fingerprint density at radius 1 is 0.471 bits per heavy atom. The zero-order valence-electron chi connectivity index (χ0n) is 22.6. The highest BCUT2D eigenvalue weighted by atomic mass is 31.1. The molecular formula is C31H43P2Si. The van der Waals surface area contributed by atoms with E-state index in [1.807, 2.05) is 0 Å². The molecule has 0 aliphatic carbocycles. The Morgan fingerprint density at radius 2 is 0.794 bits per heavy atom. The van der Waals surface area contributed by atoms with Gasteiger partial charge in [0, 0.05) is 0 Å². The van der Waals surface area contributed by atoms with Crippen molar-refractivity contribution in [3.05, 3.63) is 78.4 Å². The Bertz CT molecular complexity index is 991. The first-order valence-corrected chi connectivity index (χ1v) is 17.3. The highest BCUT2D eigenvalue weighted by Crippen LogP contribution is 2.45. The van der Waals surface area contributed by atoms with Crippen LogP contribution >= 0.6 is 15.8 Å². The number of benzene rings is 3. The van der Waals surface area contributed by atoms with Crippen LogP contribution in [0.5, 0.6) is 0 Å². The van der Waals surface area contributed by atoms with E-state index >= 15 is 0 Å². The maximum absolute atomic E-state index is 2.47. The molecule has 0 unspecified atom stereocenters. The molecule has 181 valence electrons. The minimum Gasteiger partial charge on any atom is -0.0702 e. The Kier molecular flexibility index (Phi) is 9.74. The Balaban J connectivity index is 2.37. The smallest absolute Gasteiger partial charge is 0.0702 e. The van der Waals surface area contributed by atoms with E-state index in [9.17, 15) is 0 Å². The van der Waals surface area contributed by atoms with Crippen LogP contribution in [0.4, 0.5) is 0 Å². The van der Waals surface area contributed by atoms with Crippen molar-refractivity contribution in [3.8, 4) is 0 Å². The number of hydrogen-bond donors (Lipinski definition) is 0. The van der Waals surface area contributed by atoms with Crippen molar-refractivity contribution in [1.82, 2.24) is 0 Å². The molecular weight excluding hydrogens is 462 g/mol. The SMILES string of the molecule is Cc1ccccc1[Si](c1ccccc1P(C(C)C)C(C)C)c1ccccc1P(C(C)C)C(C)C. The lowest BCUT2D eigenvalue weighted by Gasteiger charge is -2.34. The quantitative estimate of drug-likeness (QED) is 0.180. The van der Waals surface area contributed by atoms with Crippen molar-refractivity contribution in [3.63, 3.8) is 0 Å². The van der Waals surface area contributed by atoms with Crippen molar-refractivity contribution in [1.29, 1.82) is 0 Å². The molecule has 34 heavy (non-hydrogen) atoms. The third-order valence-corrected chi connectivity index (χ3v) is 16.4. The van der Waals surface area contributed by atoms with Crippen LogP contribution in [0.25, 0.3) is 0 Å². The molecule has 0 amide bonds. The van der Waals surface area contributed by atoms with Crippen LogP contribution in [0.15, 0.2) is 72.8 Å². The van der Waals surface area contributed by atoms with Gasteiger partial charge in [0.15, 0.2) is 8.80 Å². The Morgan fingerprint density at radius 3 is 1.15 bits per heavy atom. The lowest BCUT2D eigenvalue weighted by molar-refractivity contribution is 1.02. The van der Waals surface area contributed by atoms with E-state index in [0.717, 1.165) is 0 Å². The summed E-state index contributed by atoms with van der Waals surface area (Å²) < 4.78 is 0. The summed E-state index contributed by atoms with van der Waals surface area (Å²) in [5.74, 6) is 0. The molecule has 3 aromatic rings. The summed E-state index contributed by atoms with van der Waals surface area (Å²) in [5.41, 5.74) is 4.13. The van der Waals surface area contributed by atoms with Crippen LogP contribution in [0.1, 0.15) is 61.0 Å². The summed E-state index contributed by atoms with van der Waals surface area (Å²) in [5, 5.41) is 8.05. The van der Waals surface area contributed by atoms with Gasteiger partial charge < -0.3 is 0 Å². The molecule has 0 nitrogen and oxygen atoms in total. The van der Waals surface area contributed by atoms with E-state index in [1.165, 1.54) is 5.56 Å². The van der Waals surface area contributed by atoms with Gasteiger partial charge in [-0.2, -0.15) is 0 Å². The standard InChI is InChI=1S/C31H43P2Si/c1-22(2)32(23(3)4)27-17-11-14-20-30(27)34(29-19-13-10-16-26(29)9)31-21-15-12-18-28(31)33(24(5)6)25(7)8/h10-25H,1-9H3. The predicted octanol–water partition coefficient (Wildman–Crippen LogP) is 6.36. The lowest BCUT2D eigenvalue weighted by Crippen LogP contribution is -2.61. The fourth-order valence-electron chi connectivity index (χ4n) is 5.41. The molecule has 0 saturated carbocycles. The summed E-state index contributed by atoms with van der Waals surface area (Å²) in [4.78, 5) is 0. The molecule has 0 heterocycles. The van der Waals surface area contributed by atoms with Gasteiger partial charge in [0.2, 0.25) is 0 Å². The number of hydrogen-bond acceptors (Lipinski definition) is 0. The van der Waals surface area contributed by atoms with Crippen molar-refractivity contribution in [2.75, 3.05) is 0 Å². The highest BCUT2D eigenvalue weighted by Gasteiger charge is 2.32. The molecule has 0 N–H and O–H groups in total. The van der Waals surface area contributed by atoms with Crippen molar-refractivity contribution < 1.29 is 0 Å². The van der Waals surface area contributed by atoms with E-state index < -0.39 is 8.80 Å². The van der Waals surface area contributed by atoms with Gasteiger partial charge in [0.05, 0.1) is 0 Å². The molecule has 0 atom stereocenters. The van der Waals surface area contributed by atoms with E-state index in [-0.39, 0.29) is 15.8 Å². The van der Waals surface area contributed by atoms with Crippen molar-refractivity contribution >= 4 is 50.8 Å². The van der Waals surface area contributed by atoms with Crippen molar-refractivity contribution in [2.24, 2.45) is 0 Å². The minimum atomic E-state index is -1.16. The average Bonchev–Trinajstić information content (AvgIpc) is 2.76. The zero-order valence-corrected chi connectivity index (χ0v) is 25.4. The number of rotatable bonds is 9. The fraction of sp³-hybridized carbons (Fsp3) is 0.419. The van der Waals surface area contributed by atoms with Crippen molar-refractivity contribution in [2.45, 2.75) is 84.9 Å². The van der Waals surface area contributed by atoms with E-state index in [4.69, 9.17) is 0 Å². The monoisotopic (exact) mass is 505 g/mol. The molecule has 0 aliphatic rings. The van der Waals surface area contributed by atoms with Crippen LogP contribution in [-0.2, 0) is 0 Å². The van der Waals surface area contributed by atoms with Crippen LogP contribution in [0, 0.1) is 6.92 Å². The van der Waals surface area contributed by atoms with Gasteiger partial charge in [0.1, 0.15) is 0 Å². The van der Waals surface area contributed by atoms with Gasteiger partial charge in [-0.1, -0.05) is 150 Å². The van der Waals surface area contributed by atoms with E-state index in [2.05, 4.69) is 135 Å². The van der Waals surface area contributed by atoms with Crippen LogP contribution in [0.2, 0.25) is 0 Å². The van der Waals surface area contributed by atoms with Gasteiger partial charge in [-0.25, -0.2) is 0 Å². The molecule has 3 aromatic carbocycles.